The Hall–Kier alpha value is -0.840. The van der Waals surface area contributed by atoms with Crippen LogP contribution in [-0.4, -0.2) is 27.1 Å². The maximum absolute atomic E-state index is 11.7. The zero-order valence-electron chi connectivity index (χ0n) is 8.54. The summed E-state index contributed by atoms with van der Waals surface area (Å²) in [5.74, 6) is -0.0833. The Morgan fingerprint density at radius 1 is 1.79 bits per heavy atom. The molecular weight excluding hydrogens is 246 g/mol. The molecule has 0 radical (unpaired) electrons. The second-order valence-corrected chi connectivity index (χ2v) is 3.97. The molecular formula is C9H14BrN3O. The van der Waals surface area contributed by atoms with Crippen LogP contribution < -0.4 is 5.32 Å². The number of hydrogen-bond donors (Lipinski definition) is 1. The maximum Gasteiger partial charge on any atom is 0.269 e. The molecule has 1 aromatic rings. The van der Waals surface area contributed by atoms with E-state index in [2.05, 4.69) is 26.3 Å². The highest BCUT2D eigenvalue weighted by atomic mass is 79.9. The van der Waals surface area contributed by atoms with Gasteiger partial charge in [0.2, 0.25) is 0 Å². The van der Waals surface area contributed by atoms with E-state index in [9.17, 15) is 4.79 Å². The van der Waals surface area contributed by atoms with E-state index >= 15 is 0 Å². The van der Waals surface area contributed by atoms with Crippen molar-refractivity contribution in [3.63, 3.8) is 0 Å². The molecule has 1 unspecified atom stereocenters. The topological polar surface area (TPSA) is 46.9 Å². The van der Waals surface area contributed by atoms with E-state index in [0.29, 0.717) is 5.69 Å². The van der Waals surface area contributed by atoms with Crippen LogP contribution in [0, 0.1) is 6.92 Å². The molecule has 0 fully saturated rings. The zero-order valence-corrected chi connectivity index (χ0v) is 10.1. The van der Waals surface area contributed by atoms with Gasteiger partial charge >= 0.3 is 0 Å². The van der Waals surface area contributed by atoms with Gasteiger partial charge in [-0.3, -0.25) is 9.48 Å². The van der Waals surface area contributed by atoms with Crippen LogP contribution in [0.15, 0.2) is 6.07 Å². The van der Waals surface area contributed by atoms with Crippen molar-refractivity contribution in [1.82, 2.24) is 15.1 Å². The maximum atomic E-state index is 11.7. The van der Waals surface area contributed by atoms with Crippen molar-refractivity contribution in [2.75, 3.05) is 5.33 Å². The van der Waals surface area contributed by atoms with Gasteiger partial charge in [-0.05, 0) is 19.9 Å². The molecule has 0 saturated heterocycles. The van der Waals surface area contributed by atoms with Crippen LogP contribution in [-0.2, 0) is 7.05 Å². The normalized spacial score (nSPS) is 12.6. The molecule has 0 bridgehead atoms. The summed E-state index contributed by atoms with van der Waals surface area (Å²) in [5.41, 5.74) is 1.44. The summed E-state index contributed by atoms with van der Waals surface area (Å²) in [6, 6.07) is 1.90. The summed E-state index contributed by atoms with van der Waals surface area (Å²) in [6.07, 6.45) is 0. The lowest BCUT2D eigenvalue weighted by atomic mass is 10.3. The van der Waals surface area contributed by atoms with Gasteiger partial charge in [0.05, 0.1) is 5.69 Å². The summed E-state index contributed by atoms with van der Waals surface area (Å²) in [7, 11) is 1.76. The Bertz CT molecular complexity index is 335. The van der Waals surface area contributed by atoms with Gasteiger partial charge < -0.3 is 5.32 Å². The monoisotopic (exact) mass is 259 g/mol. The number of nitrogens with one attached hydrogen (secondary N) is 1. The summed E-state index contributed by atoms with van der Waals surface area (Å²) in [4.78, 5) is 11.7. The summed E-state index contributed by atoms with van der Waals surface area (Å²) < 4.78 is 1.59. The molecule has 5 heteroatoms. The van der Waals surface area contributed by atoms with Gasteiger partial charge in [-0.15, -0.1) is 0 Å². The third-order valence-corrected chi connectivity index (χ3v) is 2.81. The number of carbonyl (C=O) groups is 1. The summed E-state index contributed by atoms with van der Waals surface area (Å²) in [5, 5.41) is 7.71. The van der Waals surface area contributed by atoms with E-state index in [0.717, 1.165) is 11.0 Å². The molecule has 0 aromatic carbocycles. The van der Waals surface area contributed by atoms with Crippen LogP contribution in [0.2, 0.25) is 0 Å². The van der Waals surface area contributed by atoms with Crippen molar-refractivity contribution >= 4 is 21.8 Å². The molecule has 14 heavy (non-hydrogen) atoms. The summed E-state index contributed by atoms with van der Waals surface area (Å²) in [6.45, 7) is 3.81. The lowest BCUT2D eigenvalue weighted by molar-refractivity contribution is 0.0934. The molecule has 1 heterocycles. The Morgan fingerprint density at radius 3 is 2.86 bits per heavy atom. The smallest absolute Gasteiger partial charge is 0.269 e. The lowest BCUT2D eigenvalue weighted by Crippen LogP contribution is -2.34. The standard InChI is InChI=1S/C9H14BrN3O/c1-6-4-8(13(3)12-6)9(14)11-7(2)5-10/h4,7H,5H2,1-3H3,(H,11,14). The highest BCUT2D eigenvalue weighted by Gasteiger charge is 2.13. The van der Waals surface area contributed by atoms with Crippen LogP contribution in [0.1, 0.15) is 23.1 Å². The fourth-order valence-corrected chi connectivity index (χ4v) is 1.32. The average molecular weight is 260 g/mol. The highest BCUT2D eigenvalue weighted by Crippen LogP contribution is 2.02. The summed E-state index contributed by atoms with van der Waals surface area (Å²) >= 11 is 3.30. The molecule has 0 saturated carbocycles. The van der Waals surface area contributed by atoms with Crippen molar-refractivity contribution < 1.29 is 4.79 Å². The molecule has 0 aliphatic rings. The van der Waals surface area contributed by atoms with Crippen LogP contribution in [0.3, 0.4) is 0 Å². The van der Waals surface area contributed by atoms with Gasteiger partial charge in [-0.25, -0.2) is 0 Å². The van der Waals surface area contributed by atoms with E-state index in [-0.39, 0.29) is 11.9 Å². The van der Waals surface area contributed by atoms with E-state index in [4.69, 9.17) is 0 Å². The quantitative estimate of drug-likeness (QED) is 0.831. The minimum atomic E-state index is -0.0833. The fraction of sp³-hybridized carbons (Fsp3) is 0.556. The van der Waals surface area contributed by atoms with E-state index in [1.807, 2.05) is 13.8 Å². The molecule has 0 aliphatic heterocycles. The first-order valence-corrected chi connectivity index (χ1v) is 5.54. The molecule has 1 amide bonds. The first kappa shape index (κ1) is 11.2. The molecule has 0 spiro atoms. The first-order valence-electron chi connectivity index (χ1n) is 4.42. The van der Waals surface area contributed by atoms with Gasteiger partial charge in [-0.2, -0.15) is 5.10 Å². The molecule has 1 rings (SSSR count). The zero-order chi connectivity index (χ0) is 10.7. The van der Waals surface area contributed by atoms with Gasteiger partial charge in [0, 0.05) is 18.4 Å². The second-order valence-electron chi connectivity index (χ2n) is 3.32. The van der Waals surface area contributed by atoms with Crippen LogP contribution in [0.4, 0.5) is 0 Å². The van der Waals surface area contributed by atoms with Crippen molar-refractivity contribution in [2.45, 2.75) is 19.9 Å². The molecule has 4 nitrogen and oxygen atoms in total. The average Bonchev–Trinajstić information content (AvgIpc) is 2.45. The van der Waals surface area contributed by atoms with Crippen molar-refractivity contribution in [1.29, 1.82) is 0 Å². The predicted molar refractivity (Wildman–Crippen MR) is 58.7 cm³/mol. The Kier molecular flexibility index (Phi) is 3.69. The lowest BCUT2D eigenvalue weighted by Gasteiger charge is -2.09. The van der Waals surface area contributed by atoms with Crippen molar-refractivity contribution in [3.05, 3.63) is 17.5 Å². The number of aryl methyl sites for hydroxylation is 2. The number of amides is 1. The van der Waals surface area contributed by atoms with Gasteiger partial charge in [-0.1, -0.05) is 15.9 Å². The van der Waals surface area contributed by atoms with E-state index in [1.165, 1.54) is 0 Å². The first-order chi connectivity index (χ1) is 6.54. The molecule has 0 aliphatic carbocycles. The largest absolute Gasteiger partial charge is 0.347 e. The number of aromatic nitrogens is 2. The molecule has 1 aromatic heterocycles. The SMILES string of the molecule is Cc1cc(C(=O)NC(C)CBr)n(C)n1. The Morgan fingerprint density at radius 2 is 2.43 bits per heavy atom. The van der Waals surface area contributed by atoms with Crippen molar-refractivity contribution in [2.24, 2.45) is 7.05 Å². The van der Waals surface area contributed by atoms with Crippen LogP contribution in [0.5, 0.6) is 0 Å². The predicted octanol–water partition coefficient (Wildman–Crippen LogP) is 1.24. The number of alkyl halides is 1. The third-order valence-electron chi connectivity index (χ3n) is 1.84. The second kappa shape index (κ2) is 4.59. The number of nitrogens with zero attached hydrogens (tertiary/aromatic N) is 2. The Balaban J connectivity index is 2.74. The van der Waals surface area contributed by atoms with Crippen LogP contribution >= 0.6 is 15.9 Å². The number of hydrogen-bond acceptors (Lipinski definition) is 2. The minimum absolute atomic E-state index is 0.0833. The van der Waals surface area contributed by atoms with Gasteiger partial charge in [0.15, 0.2) is 0 Å². The minimum Gasteiger partial charge on any atom is -0.347 e. The van der Waals surface area contributed by atoms with E-state index in [1.54, 1.807) is 17.8 Å². The van der Waals surface area contributed by atoms with Gasteiger partial charge in [0.1, 0.15) is 5.69 Å². The van der Waals surface area contributed by atoms with E-state index < -0.39 is 0 Å². The molecule has 1 N–H and O–H groups in total. The fourth-order valence-electron chi connectivity index (χ4n) is 1.16. The Labute approximate surface area is 91.8 Å². The third kappa shape index (κ3) is 2.57. The van der Waals surface area contributed by atoms with Gasteiger partial charge in [0.25, 0.3) is 5.91 Å². The number of rotatable bonds is 3. The highest BCUT2D eigenvalue weighted by molar-refractivity contribution is 9.09. The number of halogens is 1. The molecule has 78 valence electrons. The van der Waals surface area contributed by atoms with Crippen LogP contribution in [0.25, 0.3) is 0 Å². The van der Waals surface area contributed by atoms with Crippen molar-refractivity contribution in [3.8, 4) is 0 Å². The number of carbonyl (C=O) groups excluding carboxylic acids is 1. The molecule has 1 atom stereocenters.